The minimum Gasteiger partial charge on any atom is -0.491 e. The molecule has 0 bridgehead atoms. The molecule has 0 fully saturated rings. The highest BCUT2D eigenvalue weighted by molar-refractivity contribution is 5.27. The van der Waals surface area contributed by atoms with Crippen LogP contribution in [0.2, 0.25) is 0 Å². The minimum absolute atomic E-state index is 0.330. The van der Waals surface area contributed by atoms with Crippen molar-refractivity contribution in [1.82, 2.24) is 0 Å². The van der Waals surface area contributed by atoms with E-state index in [1.165, 1.54) is 5.56 Å². The molecule has 1 rings (SSSR count). The van der Waals surface area contributed by atoms with Crippen molar-refractivity contribution in [2.75, 3.05) is 13.2 Å². The first-order valence-corrected chi connectivity index (χ1v) is 4.82. The van der Waals surface area contributed by atoms with Crippen LogP contribution in [-0.2, 0) is 6.42 Å². The molecule has 78 valence electrons. The van der Waals surface area contributed by atoms with Gasteiger partial charge in [0.15, 0.2) is 0 Å². The molecule has 0 aliphatic rings. The van der Waals surface area contributed by atoms with Crippen LogP contribution in [0.1, 0.15) is 12.5 Å². The Balaban J connectivity index is 2.46. The maximum absolute atomic E-state index is 9.01. The Bertz CT molecular complexity index is 256. The van der Waals surface area contributed by atoms with Crippen LogP contribution >= 0.6 is 0 Å². The molecule has 0 saturated carbocycles. The number of ether oxygens (including phenoxy) is 1. The van der Waals surface area contributed by atoms with E-state index in [-0.39, 0.29) is 0 Å². The maximum Gasteiger partial charge on any atom is 0.119 e. The van der Waals surface area contributed by atoms with Gasteiger partial charge in [-0.25, -0.2) is 0 Å². The van der Waals surface area contributed by atoms with Gasteiger partial charge in [-0.05, 0) is 37.6 Å². The standard InChI is InChI=1S/C11H17NO2/c1-9(13)8-14-11-4-2-10(3-5-11)6-7-12/h2-5,9,13H,6-8,12H2,1H3. The fourth-order valence-electron chi connectivity index (χ4n) is 1.14. The highest BCUT2D eigenvalue weighted by atomic mass is 16.5. The topological polar surface area (TPSA) is 55.5 Å². The molecule has 3 N–H and O–H groups in total. The van der Waals surface area contributed by atoms with Gasteiger partial charge in [0.25, 0.3) is 0 Å². The molecule has 3 nitrogen and oxygen atoms in total. The summed E-state index contributed by atoms with van der Waals surface area (Å²) in [4.78, 5) is 0. The van der Waals surface area contributed by atoms with Crippen molar-refractivity contribution in [1.29, 1.82) is 0 Å². The van der Waals surface area contributed by atoms with Crippen LogP contribution in [0.4, 0.5) is 0 Å². The monoisotopic (exact) mass is 195 g/mol. The first kappa shape index (κ1) is 11.0. The molecular weight excluding hydrogens is 178 g/mol. The predicted octanol–water partition coefficient (Wildman–Crippen LogP) is 0.947. The third-order valence-corrected chi connectivity index (χ3v) is 1.85. The van der Waals surface area contributed by atoms with Crippen LogP contribution in [0, 0.1) is 0 Å². The molecule has 0 heterocycles. The summed E-state index contributed by atoms with van der Waals surface area (Å²) >= 11 is 0. The number of nitrogens with two attached hydrogens (primary N) is 1. The van der Waals surface area contributed by atoms with Crippen LogP contribution in [0.15, 0.2) is 24.3 Å². The smallest absolute Gasteiger partial charge is 0.119 e. The van der Waals surface area contributed by atoms with E-state index in [1.807, 2.05) is 24.3 Å². The molecule has 1 aromatic carbocycles. The predicted molar refractivity (Wildman–Crippen MR) is 56.4 cm³/mol. The Kier molecular flexibility index (Phi) is 4.43. The third kappa shape index (κ3) is 3.77. The molecule has 14 heavy (non-hydrogen) atoms. The Labute approximate surface area is 84.5 Å². The normalized spacial score (nSPS) is 12.5. The molecule has 0 spiro atoms. The number of hydrogen-bond acceptors (Lipinski definition) is 3. The fraction of sp³-hybridized carbons (Fsp3) is 0.455. The van der Waals surface area contributed by atoms with E-state index in [9.17, 15) is 0 Å². The quantitative estimate of drug-likeness (QED) is 0.735. The third-order valence-electron chi connectivity index (χ3n) is 1.85. The van der Waals surface area contributed by atoms with Gasteiger partial charge in [0, 0.05) is 0 Å². The van der Waals surface area contributed by atoms with Crippen molar-refractivity contribution in [3.63, 3.8) is 0 Å². The van der Waals surface area contributed by atoms with Gasteiger partial charge in [-0.1, -0.05) is 12.1 Å². The van der Waals surface area contributed by atoms with Gasteiger partial charge in [-0.2, -0.15) is 0 Å². The average molecular weight is 195 g/mol. The SMILES string of the molecule is CC(O)COc1ccc(CCN)cc1. The largest absolute Gasteiger partial charge is 0.491 e. The van der Waals surface area contributed by atoms with E-state index in [1.54, 1.807) is 6.92 Å². The van der Waals surface area contributed by atoms with E-state index >= 15 is 0 Å². The Morgan fingerprint density at radius 2 is 2.00 bits per heavy atom. The summed E-state index contributed by atoms with van der Waals surface area (Å²) in [5.41, 5.74) is 6.64. The Morgan fingerprint density at radius 1 is 1.36 bits per heavy atom. The number of benzene rings is 1. The van der Waals surface area contributed by atoms with Crippen LogP contribution < -0.4 is 10.5 Å². The molecule has 1 unspecified atom stereocenters. The van der Waals surface area contributed by atoms with Crippen molar-refractivity contribution < 1.29 is 9.84 Å². The molecule has 0 amide bonds. The lowest BCUT2D eigenvalue weighted by molar-refractivity contribution is 0.122. The van der Waals surface area contributed by atoms with E-state index in [2.05, 4.69) is 0 Å². The zero-order valence-electron chi connectivity index (χ0n) is 8.44. The van der Waals surface area contributed by atoms with Crippen LogP contribution in [-0.4, -0.2) is 24.4 Å². The summed E-state index contributed by atoms with van der Waals surface area (Å²) in [6.07, 6.45) is 0.454. The van der Waals surface area contributed by atoms with E-state index in [0.29, 0.717) is 13.2 Å². The molecule has 0 radical (unpaired) electrons. The highest BCUT2D eigenvalue weighted by Crippen LogP contribution is 2.12. The van der Waals surface area contributed by atoms with Gasteiger partial charge >= 0.3 is 0 Å². The lowest BCUT2D eigenvalue weighted by atomic mass is 10.1. The molecule has 1 aromatic rings. The summed E-state index contributed by atoms with van der Waals surface area (Å²) < 4.78 is 5.32. The molecule has 0 aliphatic heterocycles. The van der Waals surface area contributed by atoms with E-state index in [0.717, 1.165) is 12.2 Å². The maximum atomic E-state index is 9.01. The number of aliphatic hydroxyl groups is 1. The van der Waals surface area contributed by atoms with Gasteiger partial charge in [0.05, 0.1) is 6.10 Å². The van der Waals surface area contributed by atoms with Crippen molar-refractivity contribution in [3.05, 3.63) is 29.8 Å². The number of rotatable bonds is 5. The van der Waals surface area contributed by atoms with Gasteiger partial charge < -0.3 is 15.6 Å². The van der Waals surface area contributed by atoms with Crippen molar-refractivity contribution >= 4 is 0 Å². The van der Waals surface area contributed by atoms with Crippen molar-refractivity contribution in [2.45, 2.75) is 19.4 Å². The van der Waals surface area contributed by atoms with Crippen molar-refractivity contribution in [2.24, 2.45) is 5.73 Å². The lowest BCUT2D eigenvalue weighted by Gasteiger charge is -2.08. The zero-order chi connectivity index (χ0) is 10.4. The molecule has 0 saturated heterocycles. The highest BCUT2D eigenvalue weighted by Gasteiger charge is 1.98. The first-order chi connectivity index (χ1) is 6.72. The lowest BCUT2D eigenvalue weighted by Crippen LogP contribution is -2.12. The van der Waals surface area contributed by atoms with Crippen LogP contribution in [0.25, 0.3) is 0 Å². The number of hydrogen-bond donors (Lipinski definition) is 2. The minimum atomic E-state index is -0.432. The Hall–Kier alpha value is -1.06. The second-order valence-corrected chi connectivity index (χ2v) is 3.34. The summed E-state index contributed by atoms with van der Waals surface area (Å²) in [6, 6.07) is 7.77. The van der Waals surface area contributed by atoms with Crippen molar-refractivity contribution in [3.8, 4) is 5.75 Å². The molecule has 1 atom stereocenters. The second kappa shape index (κ2) is 5.62. The van der Waals surface area contributed by atoms with E-state index < -0.39 is 6.10 Å². The van der Waals surface area contributed by atoms with Gasteiger partial charge in [-0.15, -0.1) is 0 Å². The summed E-state index contributed by atoms with van der Waals surface area (Å²) in [6.45, 7) is 2.69. The molecule has 3 heteroatoms. The molecule has 0 aromatic heterocycles. The van der Waals surface area contributed by atoms with Crippen LogP contribution in [0.3, 0.4) is 0 Å². The van der Waals surface area contributed by atoms with Gasteiger partial charge in [0.1, 0.15) is 12.4 Å². The number of aliphatic hydroxyl groups excluding tert-OH is 1. The van der Waals surface area contributed by atoms with E-state index in [4.69, 9.17) is 15.6 Å². The average Bonchev–Trinajstić information content (AvgIpc) is 2.17. The summed E-state index contributed by atoms with van der Waals surface area (Å²) in [5, 5.41) is 9.01. The van der Waals surface area contributed by atoms with Crippen LogP contribution in [0.5, 0.6) is 5.75 Å². The first-order valence-electron chi connectivity index (χ1n) is 4.82. The molecular formula is C11H17NO2. The molecule has 0 aliphatic carbocycles. The summed E-state index contributed by atoms with van der Waals surface area (Å²) in [7, 11) is 0. The Morgan fingerprint density at radius 3 is 2.50 bits per heavy atom. The van der Waals surface area contributed by atoms with Gasteiger partial charge in [0.2, 0.25) is 0 Å². The zero-order valence-corrected chi connectivity index (χ0v) is 8.44. The fourth-order valence-corrected chi connectivity index (χ4v) is 1.14. The summed E-state index contributed by atoms with van der Waals surface area (Å²) in [5.74, 6) is 0.784. The van der Waals surface area contributed by atoms with Gasteiger partial charge in [-0.3, -0.25) is 0 Å². The second-order valence-electron chi connectivity index (χ2n) is 3.34.